The molecule has 2 nitrogen and oxygen atoms in total. The highest BCUT2D eigenvalue weighted by atomic mass is 32.2. The smallest absolute Gasteiger partial charge is 0.127 e. The van der Waals surface area contributed by atoms with E-state index in [-0.39, 0.29) is 5.75 Å². The summed E-state index contributed by atoms with van der Waals surface area (Å²) >= 11 is 1.67. The Morgan fingerprint density at radius 1 is 1.22 bits per heavy atom. The average molecular weight is 263 g/mol. The van der Waals surface area contributed by atoms with E-state index in [0.717, 1.165) is 11.8 Å². The van der Waals surface area contributed by atoms with E-state index in [1.807, 2.05) is 30.5 Å². The molecule has 0 unspecified atom stereocenters. The Bertz CT molecular complexity index is 525. The number of thioether (sulfide) groups is 1. The van der Waals surface area contributed by atoms with Crippen molar-refractivity contribution in [2.24, 2.45) is 0 Å². The van der Waals surface area contributed by atoms with Gasteiger partial charge in [-0.1, -0.05) is 6.07 Å². The zero-order chi connectivity index (χ0) is 13.0. The van der Waals surface area contributed by atoms with E-state index >= 15 is 0 Å². The molecule has 0 aromatic heterocycles. The first kappa shape index (κ1) is 12.8. The van der Waals surface area contributed by atoms with Crippen molar-refractivity contribution in [2.45, 2.75) is 11.4 Å². The van der Waals surface area contributed by atoms with Gasteiger partial charge in [0.2, 0.25) is 0 Å². The third kappa shape index (κ3) is 3.40. The minimum absolute atomic E-state index is 0.0512. The van der Waals surface area contributed by atoms with Gasteiger partial charge in [0.25, 0.3) is 0 Å². The fourth-order valence-corrected chi connectivity index (χ4v) is 2.13. The Hall–Kier alpha value is -1.68. The third-order valence-corrected chi connectivity index (χ3v) is 3.23. The topological polar surface area (TPSA) is 32.3 Å². The zero-order valence-corrected chi connectivity index (χ0v) is 10.8. The molecule has 2 aromatic carbocycles. The number of rotatable bonds is 4. The summed E-state index contributed by atoms with van der Waals surface area (Å²) in [7, 11) is 0. The number of benzene rings is 2. The fraction of sp³-hybridized carbons (Fsp3) is 0.143. The zero-order valence-electron chi connectivity index (χ0n) is 9.98. The molecule has 0 spiro atoms. The van der Waals surface area contributed by atoms with Crippen molar-refractivity contribution in [1.29, 1.82) is 0 Å². The second kappa shape index (κ2) is 5.78. The van der Waals surface area contributed by atoms with Crippen LogP contribution in [0.4, 0.5) is 10.1 Å². The van der Waals surface area contributed by atoms with E-state index in [1.165, 1.54) is 11.0 Å². The highest BCUT2D eigenvalue weighted by Gasteiger charge is 2.00. The summed E-state index contributed by atoms with van der Waals surface area (Å²) < 4.78 is 13.1. The highest BCUT2D eigenvalue weighted by Crippen LogP contribution is 2.20. The van der Waals surface area contributed by atoms with E-state index in [1.54, 1.807) is 17.8 Å². The summed E-state index contributed by atoms with van der Waals surface area (Å²) in [4.78, 5) is 1.17. The number of hydrogen-bond donors (Lipinski definition) is 2. The second-order valence-corrected chi connectivity index (χ2v) is 4.78. The molecule has 0 saturated heterocycles. The normalized spacial score (nSPS) is 10.3. The molecule has 94 valence electrons. The fourth-order valence-electron chi connectivity index (χ4n) is 1.67. The van der Waals surface area contributed by atoms with Crippen LogP contribution in [0.5, 0.6) is 5.75 Å². The molecule has 0 bridgehead atoms. The maximum absolute atomic E-state index is 13.1. The van der Waals surface area contributed by atoms with Crippen molar-refractivity contribution in [3.05, 3.63) is 53.8 Å². The number of aromatic hydroxyl groups is 1. The molecule has 2 aromatic rings. The summed E-state index contributed by atoms with van der Waals surface area (Å²) in [5.41, 5.74) is 1.69. The molecule has 0 aliphatic rings. The summed E-state index contributed by atoms with van der Waals surface area (Å²) in [5.74, 6) is -0.477. The van der Waals surface area contributed by atoms with Crippen LogP contribution in [-0.2, 0) is 6.54 Å². The first-order valence-corrected chi connectivity index (χ1v) is 6.76. The molecule has 0 radical (unpaired) electrons. The van der Waals surface area contributed by atoms with Crippen molar-refractivity contribution < 1.29 is 9.50 Å². The Labute approximate surface area is 110 Å². The largest absolute Gasteiger partial charge is 0.508 e. The molecule has 0 heterocycles. The van der Waals surface area contributed by atoms with E-state index in [0.29, 0.717) is 12.1 Å². The molecule has 4 heteroatoms. The van der Waals surface area contributed by atoms with Crippen LogP contribution in [-0.4, -0.2) is 11.4 Å². The standard InChI is InChI=1S/C14H14FNOS/c1-18-14-4-2-3-12(8-14)16-9-10-5-11(15)7-13(17)6-10/h2-8,16-17H,9H2,1H3. The average Bonchev–Trinajstić information content (AvgIpc) is 2.35. The van der Waals surface area contributed by atoms with Crippen molar-refractivity contribution in [2.75, 3.05) is 11.6 Å². The molecule has 0 atom stereocenters. The van der Waals surface area contributed by atoms with Crippen LogP contribution in [0.25, 0.3) is 0 Å². The summed E-state index contributed by atoms with van der Waals surface area (Å²) in [6.07, 6.45) is 2.02. The molecule has 0 amide bonds. The van der Waals surface area contributed by atoms with E-state index < -0.39 is 5.82 Å². The summed E-state index contributed by atoms with van der Waals surface area (Å²) in [5, 5.41) is 12.5. The van der Waals surface area contributed by atoms with Crippen LogP contribution >= 0.6 is 11.8 Å². The maximum atomic E-state index is 13.1. The van der Waals surface area contributed by atoms with E-state index in [9.17, 15) is 9.50 Å². The number of halogens is 1. The van der Waals surface area contributed by atoms with Crippen molar-refractivity contribution in [3.8, 4) is 5.75 Å². The van der Waals surface area contributed by atoms with Gasteiger partial charge in [-0.05, 0) is 42.2 Å². The van der Waals surface area contributed by atoms with Gasteiger partial charge in [0, 0.05) is 23.2 Å². The number of phenolic OH excluding ortho intramolecular Hbond substituents is 1. The molecule has 2 N–H and O–H groups in total. The number of hydrogen-bond acceptors (Lipinski definition) is 3. The lowest BCUT2D eigenvalue weighted by atomic mass is 10.2. The van der Waals surface area contributed by atoms with Gasteiger partial charge in [0.05, 0.1) is 0 Å². The van der Waals surface area contributed by atoms with Gasteiger partial charge in [0.1, 0.15) is 11.6 Å². The highest BCUT2D eigenvalue weighted by molar-refractivity contribution is 7.98. The van der Waals surface area contributed by atoms with Crippen LogP contribution in [0.2, 0.25) is 0 Å². The van der Waals surface area contributed by atoms with Crippen LogP contribution in [0.15, 0.2) is 47.4 Å². The van der Waals surface area contributed by atoms with Gasteiger partial charge in [-0.15, -0.1) is 11.8 Å². The van der Waals surface area contributed by atoms with E-state index in [4.69, 9.17) is 0 Å². The lowest BCUT2D eigenvalue weighted by Gasteiger charge is -2.08. The molecule has 0 aliphatic heterocycles. The molecule has 0 aliphatic carbocycles. The first-order valence-electron chi connectivity index (χ1n) is 5.54. The molecular formula is C14H14FNOS. The quantitative estimate of drug-likeness (QED) is 0.821. The molecule has 0 saturated carbocycles. The van der Waals surface area contributed by atoms with Crippen molar-refractivity contribution >= 4 is 17.4 Å². The molecule has 2 rings (SSSR count). The van der Waals surface area contributed by atoms with Crippen LogP contribution < -0.4 is 5.32 Å². The minimum atomic E-state index is -0.426. The van der Waals surface area contributed by atoms with Gasteiger partial charge >= 0.3 is 0 Å². The molecular weight excluding hydrogens is 249 g/mol. The van der Waals surface area contributed by atoms with E-state index in [2.05, 4.69) is 5.32 Å². The predicted octanol–water partition coefficient (Wildman–Crippen LogP) is 3.87. The second-order valence-electron chi connectivity index (χ2n) is 3.90. The van der Waals surface area contributed by atoms with Gasteiger partial charge in [-0.25, -0.2) is 4.39 Å². The van der Waals surface area contributed by atoms with Crippen molar-refractivity contribution in [1.82, 2.24) is 0 Å². The Balaban J connectivity index is 2.06. The van der Waals surface area contributed by atoms with Gasteiger partial charge in [-0.2, -0.15) is 0 Å². The van der Waals surface area contributed by atoms with Crippen LogP contribution in [0.3, 0.4) is 0 Å². The molecule has 18 heavy (non-hydrogen) atoms. The number of nitrogens with one attached hydrogen (secondary N) is 1. The monoisotopic (exact) mass is 263 g/mol. The maximum Gasteiger partial charge on any atom is 0.127 e. The Kier molecular flexibility index (Phi) is 4.10. The number of phenols is 1. The van der Waals surface area contributed by atoms with Gasteiger partial charge in [-0.3, -0.25) is 0 Å². The Morgan fingerprint density at radius 2 is 2.06 bits per heavy atom. The van der Waals surface area contributed by atoms with Gasteiger partial charge in [0.15, 0.2) is 0 Å². The Morgan fingerprint density at radius 3 is 2.78 bits per heavy atom. The third-order valence-electron chi connectivity index (χ3n) is 2.51. The van der Waals surface area contributed by atoms with Gasteiger partial charge < -0.3 is 10.4 Å². The lowest BCUT2D eigenvalue weighted by molar-refractivity contribution is 0.468. The SMILES string of the molecule is CSc1cccc(NCc2cc(O)cc(F)c2)c1. The van der Waals surface area contributed by atoms with Crippen LogP contribution in [0, 0.1) is 5.82 Å². The first-order chi connectivity index (χ1) is 8.67. The predicted molar refractivity (Wildman–Crippen MR) is 73.6 cm³/mol. The number of anilines is 1. The minimum Gasteiger partial charge on any atom is -0.508 e. The summed E-state index contributed by atoms with van der Waals surface area (Å²) in [6, 6.07) is 12.0. The molecule has 0 fully saturated rings. The summed E-state index contributed by atoms with van der Waals surface area (Å²) in [6.45, 7) is 0.475. The van der Waals surface area contributed by atoms with Crippen LogP contribution in [0.1, 0.15) is 5.56 Å². The lowest BCUT2D eigenvalue weighted by Crippen LogP contribution is -1.99. The van der Waals surface area contributed by atoms with Crippen molar-refractivity contribution in [3.63, 3.8) is 0 Å².